The third-order valence-electron chi connectivity index (χ3n) is 8.25. The predicted octanol–water partition coefficient (Wildman–Crippen LogP) is 10.4. The van der Waals surface area contributed by atoms with E-state index >= 15 is 0 Å². The number of aromatic nitrogens is 4. The molecule has 0 spiro atoms. The lowest BCUT2D eigenvalue weighted by atomic mass is 9.92. The van der Waals surface area contributed by atoms with Crippen LogP contribution in [0.15, 0.2) is 170 Å². The summed E-state index contributed by atoms with van der Waals surface area (Å²) in [5, 5.41) is 2.37. The first-order valence-electron chi connectivity index (χ1n) is 15.3. The first-order chi connectivity index (χ1) is 22.8. The second-order valence-corrected chi connectivity index (χ2v) is 11.1. The molecule has 4 nitrogen and oxygen atoms in total. The third-order valence-corrected chi connectivity index (χ3v) is 8.25. The Kier molecular flexibility index (Phi) is 7.14. The Morgan fingerprint density at radius 2 is 0.761 bits per heavy atom. The van der Waals surface area contributed by atoms with Crippen molar-refractivity contribution in [1.82, 2.24) is 19.9 Å². The van der Waals surface area contributed by atoms with Gasteiger partial charge in [0.2, 0.25) is 0 Å². The van der Waals surface area contributed by atoms with Crippen molar-refractivity contribution in [2.45, 2.75) is 0 Å². The maximum atomic E-state index is 5.02. The topological polar surface area (TPSA) is 51.6 Å². The van der Waals surface area contributed by atoms with Crippen molar-refractivity contribution in [3.63, 3.8) is 0 Å². The average Bonchev–Trinajstić information content (AvgIpc) is 3.15. The minimum atomic E-state index is 0.633. The van der Waals surface area contributed by atoms with E-state index in [0.717, 1.165) is 44.5 Å². The van der Waals surface area contributed by atoms with Crippen LogP contribution in [-0.2, 0) is 0 Å². The summed E-state index contributed by atoms with van der Waals surface area (Å²) in [6.45, 7) is 0. The second-order valence-electron chi connectivity index (χ2n) is 11.1. The summed E-state index contributed by atoms with van der Waals surface area (Å²) < 4.78 is 0. The highest BCUT2D eigenvalue weighted by Crippen LogP contribution is 2.37. The molecule has 8 aromatic rings. The fourth-order valence-electron chi connectivity index (χ4n) is 5.94. The molecule has 0 bridgehead atoms. The summed E-state index contributed by atoms with van der Waals surface area (Å²) >= 11 is 0. The second kappa shape index (κ2) is 12.0. The van der Waals surface area contributed by atoms with Crippen molar-refractivity contribution < 1.29 is 0 Å². The molecule has 0 aliphatic heterocycles. The van der Waals surface area contributed by atoms with E-state index in [2.05, 4.69) is 120 Å². The zero-order valence-corrected chi connectivity index (χ0v) is 25.0. The lowest BCUT2D eigenvalue weighted by Gasteiger charge is -2.13. The highest BCUT2D eigenvalue weighted by molar-refractivity contribution is 6.05. The van der Waals surface area contributed by atoms with Gasteiger partial charge < -0.3 is 0 Å². The van der Waals surface area contributed by atoms with Gasteiger partial charge in [0.15, 0.2) is 17.5 Å². The van der Waals surface area contributed by atoms with Crippen LogP contribution in [0, 0.1) is 0 Å². The summed E-state index contributed by atoms with van der Waals surface area (Å²) in [5.74, 6) is 1.92. The van der Waals surface area contributed by atoms with Gasteiger partial charge in [-0.05, 0) is 50.7 Å². The molecule has 2 aromatic heterocycles. The molecule has 0 N–H and O–H groups in total. The Labute approximate surface area is 267 Å². The number of pyridine rings is 1. The Bertz CT molecular complexity index is 2280. The van der Waals surface area contributed by atoms with Gasteiger partial charge in [-0.2, -0.15) is 0 Å². The van der Waals surface area contributed by atoms with E-state index in [4.69, 9.17) is 15.0 Å². The molecule has 4 heteroatoms. The van der Waals surface area contributed by atoms with Crippen molar-refractivity contribution in [1.29, 1.82) is 0 Å². The Morgan fingerprint density at radius 3 is 1.39 bits per heavy atom. The number of hydrogen-bond acceptors (Lipinski definition) is 4. The van der Waals surface area contributed by atoms with Crippen molar-refractivity contribution in [3.8, 4) is 67.5 Å². The smallest absolute Gasteiger partial charge is 0.164 e. The lowest BCUT2D eigenvalue weighted by Crippen LogP contribution is -2.00. The quantitative estimate of drug-likeness (QED) is 0.194. The largest absolute Gasteiger partial charge is 0.264 e. The molecular formula is C42H28N4. The van der Waals surface area contributed by atoms with E-state index in [1.165, 1.54) is 16.3 Å². The maximum absolute atomic E-state index is 5.02. The van der Waals surface area contributed by atoms with Crippen molar-refractivity contribution >= 4 is 10.8 Å². The minimum absolute atomic E-state index is 0.633. The van der Waals surface area contributed by atoms with Crippen LogP contribution in [0.4, 0.5) is 0 Å². The van der Waals surface area contributed by atoms with Gasteiger partial charge in [0, 0.05) is 34.6 Å². The van der Waals surface area contributed by atoms with Crippen LogP contribution in [0.5, 0.6) is 0 Å². The summed E-state index contributed by atoms with van der Waals surface area (Å²) in [7, 11) is 0. The highest BCUT2D eigenvalue weighted by atomic mass is 15.0. The zero-order valence-electron chi connectivity index (χ0n) is 25.0. The number of fused-ring (bicyclic) bond motifs is 1. The third kappa shape index (κ3) is 5.33. The van der Waals surface area contributed by atoms with Gasteiger partial charge in [-0.25, -0.2) is 15.0 Å². The van der Waals surface area contributed by atoms with Gasteiger partial charge in [-0.1, -0.05) is 146 Å². The number of nitrogens with zero attached hydrogens (tertiary/aromatic N) is 4. The lowest BCUT2D eigenvalue weighted by molar-refractivity contribution is 1.07. The molecule has 6 aromatic carbocycles. The average molecular weight is 589 g/mol. The monoisotopic (exact) mass is 588 g/mol. The number of rotatable bonds is 6. The molecular weight excluding hydrogens is 560 g/mol. The van der Waals surface area contributed by atoms with Crippen LogP contribution in [0.2, 0.25) is 0 Å². The molecule has 46 heavy (non-hydrogen) atoms. The Balaban J connectivity index is 1.23. The van der Waals surface area contributed by atoms with Crippen molar-refractivity contribution in [2.24, 2.45) is 0 Å². The van der Waals surface area contributed by atoms with Crippen LogP contribution in [0.1, 0.15) is 0 Å². The van der Waals surface area contributed by atoms with Gasteiger partial charge in [0.25, 0.3) is 0 Å². The Morgan fingerprint density at radius 1 is 0.304 bits per heavy atom. The van der Waals surface area contributed by atoms with Crippen LogP contribution < -0.4 is 0 Å². The first kappa shape index (κ1) is 27.3. The van der Waals surface area contributed by atoms with Crippen molar-refractivity contribution in [2.75, 3.05) is 0 Å². The maximum Gasteiger partial charge on any atom is 0.164 e. The van der Waals surface area contributed by atoms with Crippen LogP contribution in [0.3, 0.4) is 0 Å². The molecule has 0 radical (unpaired) electrons. The van der Waals surface area contributed by atoms with Gasteiger partial charge >= 0.3 is 0 Å². The molecule has 0 saturated heterocycles. The molecule has 0 aliphatic carbocycles. The van der Waals surface area contributed by atoms with E-state index < -0.39 is 0 Å². The summed E-state index contributed by atoms with van der Waals surface area (Å²) in [5.41, 5.74) is 9.65. The van der Waals surface area contributed by atoms with Gasteiger partial charge in [0.1, 0.15) is 0 Å². The van der Waals surface area contributed by atoms with Crippen LogP contribution in [-0.4, -0.2) is 19.9 Å². The number of benzene rings is 6. The van der Waals surface area contributed by atoms with E-state index in [1.54, 1.807) is 6.20 Å². The van der Waals surface area contributed by atoms with Gasteiger partial charge in [-0.15, -0.1) is 0 Å². The molecule has 2 heterocycles. The fraction of sp³-hybridized carbons (Fsp3) is 0. The highest BCUT2D eigenvalue weighted by Gasteiger charge is 2.15. The normalized spacial score (nSPS) is 11.0. The molecule has 0 aliphatic rings. The SMILES string of the molecule is c1ccc(-c2ccc(-c3nc(-c4ccccc4)nc(-c4cccc(-c5ccc(-c6cccnc6)c6ccccc56)c4)n3)cc2)cc1. The molecule has 0 fully saturated rings. The summed E-state index contributed by atoms with van der Waals surface area (Å²) in [6, 6.07) is 54.4. The van der Waals surface area contributed by atoms with E-state index in [0.29, 0.717) is 17.5 Å². The van der Waals surface area contributed by atoms with Gasteiger partial charge in [0.05, 0.1) is 0 Å². The molecule has 0 atom stereocenters. The van der Waals surface area contributed by atoms with E-state index in [-0.39, 0.29) is 0 Å². The predicted molar refractivity (Wildman–Crippen MR) is 188 cm³/mol. The molecule has 0 saturated carbocycles. The van der Waals surface area contributed by atoms with Gasteiger partial charge in [-0.3, -0.25) is 4.98 Å². The summed E-state index contributed by atoms with van der Waals surface area (Å²) in [6.07, 6.45) is 3.72. The molecule has 0 amide bonds. The van der Waals surface area contributed by atoms with Crippen molar-refractivity contribution in [3.05, 3.63) is 170 Å². The van der Waals surface area contributed by atoms with E-state index in [1.807, 2.05) is 48.7 Å². The van der Waals surface area contributed by atoms with E-state index in [9.17, 15) is 0 Å². The fourth-order valence-corrected chi connectivity index (χ4v) is 5.94. The standard InChI is InChI=1S/C42H28N4/c1-3-11-29(12-4-1)30-20-22-32(23-21-30)41-44-40(31-13-5-2-6-14-31)45-42(46-41)34-16-9-15-33(27-34)36-24-25-37(35-17-10-26-43-28-35)39-19-8-7-18-38(36)39/h1-28H. The zero-order chi connectivity index (χ0) is 30.7. The molecule has 216 valence electrons. The summed E-state index contributed by atoms with van der Waals surface area (Å²) in [4.78, 5) is 19.3. The molecule has 0 unspecified atom stereocenters. The minimum Gasteiger partial charge on any atom is -0.264 e. The first-order valence-corrected chi connectivity index (χ1v) is 15.3. The Hall–Kier alpha value is -6.26. The van der Waals surface area contributed by atoms with Crippen LogP contribution >= 0.6 is 0 Å². The van der Waals surface area contributed by atoms with Crippen LogP contribution in [0.25, 0.3) is 78.3 Å². The number of hydrogen-bond donors (Lipinski definition) is 0. The molecule has 8 rings (SSSR count).